The fourth-order valence-corrected chi connectivity index (χ4v) is 4.17. The summed E-state index contributed by atoms with van der Waals surface area (Å²) < 4.78 is 5.40. The Morgan fingerprint density at radius 3 is 2.62 bits per heavy atom. The van der Waals surface area contributed by atoms with Gasteiger partial charge in [0.25, 0.3) is 11.8 Å². The third kappa shape index (κ3) is 2.45. The van der Waals surface area contributed by atoms with Gasteiger partial charge in [-0.1, -0.05) is 11.6 Å². The Morgan fingerprint density at radius 1 is 1.21 bits per heavy atom. The van der Waals surface area contributed by atoms with Gasteiger partial charge in [0, 0.05) is 35.0 Å². The number of hydrogen-bond donors (Lipinski definition) is 0. The number of rotatable bonds is 3. The molecule has 1 aromatic heterocycles. The van der Waals surface area contributed by atoms with Crippen LogP contribution in [0.2, 0.25) is 5.02 Å². The summed E-state index contributed by atoms with van der Waals surface area (Å²) in [6.07, 6.45) is 1.62. The molecule has 0 saturated carbocycles. The van der Waals surface area contributed by atoms with E-state index in [9.17, 15) is 14.4 Å². The van der Waals surface area contributed by atoms with E-state index < -0.39 is 23.4 Å². The minimum Gasteiger partial charge on any atom is -0.496 e. The number of halogens is 1. The summed E-state index contributed by atoms with van der Waals surface area (Å²) in [4.78, 5) is 45.8. The number of carbonyl (C=O) groups excluding carboxylic acids is 3. The highest BCUT2D eigenvalue weighted by Crippen LogP contribution is 2.46. The third-order valence-corrected chi connectivity index (χ3v) is 5.75. The monoisotopic (exact) mass is 413 g/mol. The number of aryl methyl sites for hydroxylation is 1. The molecule has 1 fully saturated rings. The molecular formula is C20H18ClN4O4. The molecule has 149 valence electrons. The van der Waals surface area contributed by atoms with Crippen LogP contribution < -0.4 is 10.1 Å². The number of urea groups is 1. The molecule has 0 bridgehead atoms. The zero-order valence-electron chi connectivity index (χ0n) is 16.3. The van der Waals surface area contributed by atoms with E-state index in [1.165, 1.54) is 13.1 Å². The van der Waals surface area contributed by atoms with Crippen LogP contribution in [0.1, 0.15) is 22.4 Å². The van der Waals surface area contributed by atoms with Gasteiger partial charge >= 0.3 is 6.03 Å². The standard InChI is InChI=1S/C20H18ClN4O4/c1-10-8-22-15(11(2)16(10)29-4)9-25-18(27)20(24(3)19(25)28)13-7-12(21)5-6-14(13)23-17(20)26/h5-8H,9H2,1-4H3. The molecule has 9 heteroatoms. The molecule has 4 rings (SSSR count). The molecule has 1 radical (unpaired) electrons. The molecular weight excluding hydrogens is 396 g/mol. The zero-order chi connectivity index (χ0) is 21.1. The number of pyridine rings is 1. The third-order valence-electron chi connectivity index (χ3n) is 5.51. The Hall–Kier alpha value is -3.13. The number of amides is 4. The van der Waals surface area contributed by atoms with Crippen molar-refractivity contribution in [1.29, 1.82) is 0 Å². The van der Waals surface area contributed by atoms with Crippen LogP contribution in [0.15, 0.2) is 24.4 Å². The number of imide groups is 1. The normalized spacial score (nSPS) is 20.5. The molecule has 1 saturated heterocycles. The van der Waals surface area contributed by atoms with Crippen LogP contribution in [-0.2, 0) is 21.7 Å². The van der Waals surface area contributed by atoms with Gasteiger partial charge in [-0.15, -0.1) is 0 Å². The number of hydrogen-bond acceptors (Lipinski definition) is 5. The van der Waals surface area contributed by atoms with Crippen molar-refractivity contribution >= 4 is 35.1 Å². The van der Waals surface area contributed by atoms with Crippen LogP contribution in [0.5, 0.6) is 5.75 Å². The van der Waals surface area contributed by atoms with Crippen molar-refractivity contribution in [2.24, 2.45) is 0 Å². The van der Waals surface area contributed by atoms with Crippen molar-refractivity contribution in [2.45, 2.75) is 25.9 Å². The van der Waals surface area contributed by atoms with E-state index >= 15 is 0 Å². The van der Waals surface area contributed by atoms with Gasteiger partial charge < -0.3 is 9.64 Å². The molecule has 4 amide bonds. The predicted molar refractivity (Wildman–Crippen MR) is 104 cm³/mol. The Morgan fingerprint density at radius 2 is 1.93 bits per heavy atom. The van der Waals surface area contributed by atoms with Crippen LogP contribution >= 0.6 is 11.6 Å². The smallest absolute Gasteiger partial charge is 0.328 e. The Bertz CT molecular complexity index is 1090. The van der Waals surface area contributed by atoms with Crippen LogP contribution in [0.4, 0.5) is 10.5 Å². The number of methoxy groups -OCH3 is 1. The molecule has 1 unspecified atom stereocenters. The van der Waals surface area contributed by atoms with Crippen molar-refractivity contribution in [1.82, 2.24) is 20.1 Å². The maximum absolute atomic E-state index is 13.5. The minimum absolute atomic E-state index is 0.0879. The summed E-state index contributed by atoms with van der Waals surface area (Å²) in [5, 5.41) is 4.34. The number of ether oxygens (including phenoxy) is 1. The molecule has 0 aliphatic carbocycles. The lowest BCUT2D eigenvalue weighted by Crippen LogP contribution is -2.50. The summed E-state index contributed by atoms with van der Waals surface area (Å²) in [5.74, 6) is -0.731. The lowest BCUT2D eigenvalue weighted by Gasteiger charge is -2.25. The van der Waals surface area contributed by atoms with Crippen molar-refractivity contribution in [2.75, 3.05) is 14.2 Å². The molecule has 1 atom stereocenters. The van der Waals surface area contributed by atoms with Crippen molar-refractivity contribution < 1.29 is 19.1 Å². The van der Waals surface area contributed by atoms with Gasteiger partial charge in [-0.25, -0.2) is 10.1 Å². The molecule has 8 nitrogen and oxygen atoms in total. The number of fused-ring (bicyclic) bond motifs is 2. The number of likely N-dealkylation sites (N-methyl/N-ethyl adjacent to an activating group) is 1. The zero-order valence-corrected chi connectivity index (χ0v) is 17.1. The minimum atomic E-state index is -1.83. The van der Waals surface area contributed by atoms with Gasteiger partial charge in [0.1, 0.15) is 5.75 Å². The summed E-state index contributed by atoms with van der Waals surface area (Å²) in [7, 11) is 2.97. The number of carbonyl (C=O) groups is 3. The fourth-order valence-electron chi connectivity index (χ4n) is 4.00. The first-order valence-electron chi connectivity index (χ1n) is 8.88. The van der Waals surface area contributed by atoms with Crippen molar-refractivity contribution in [3.63, 3.8) is 0 Å². The van der Waals surface area contributed by atoms with Crippen molar-refractivity contribution in [3.05, 3.63) is 51.8 Å². The average molecular weight is 414 g/mol. The topological polar surface area (TPSA) is 93.9 Å². The molecule has 2 aromatic rings. The van der Waals surface area contributed by atoms with Crippen LogP contribution in [0.3, 0.4) is 0 Å². The summed E-state index contributed by atoms with van der Waals surface area (Å²) in [6, 6.07) is 4.05. The van der Waals surface area contributed by atoms with Gasteiger partial charge in [0.15, 0.2) is 0 Å². The molecule has 1 spiro atoms. The number of aromatic nitrogens is 1. The second kappa shape index (κ2) is 6.45. The fraction of sp³-hybridized carbons (Fsp3) is 0.300. The van der Waals surface area contributed by atoms with Gasteiger partial charge in [0.05, 0.1) is 25.0 Å². The van der Waals surface area contributed by atoms with Gasteiger partial charge in [-0.05, 0) is 32.0 Å². The molecule has 3 heterocycles. The number of benzene rings is 1. The van der Waals surface area contributed by atoms with Crippen molar-refractivity contribution in [3.8, 4) is 5.75 Å². The van der Waals surface area contributed by atoms with E-state index in [0.29, 0.717) is 27.7 Å². The Kier molecular flexibility index (Phi) is 4.27. The Balaban J connectivity index is 1.79. The first-order valence-corrected chi connectivity index (χ1v) is 9.26. The molecule has 29 heavy (non-hydrogen) atoms. The van der Waals surface area contributed by atoms with Crippen LogP contribution in [0.25, 0.3) is 0 Å². The Labute approximate surface area is 172 Å². The maximum atomic E-state index is 13.5. The highest BCUT2D eigenvalue weighted by Gasteiger charge is 2.66. The quantitative estimate of drug-likeness (QED) is 0.569. The SMILES string of the molecule is COc1c(C)cnc(CN2C(=O)N(C)C3(C(=O)[N]c4ccc(Cl)cc43)C2=O)c1C. The molecule has 2 aliphatic rings. The highest BCUT2D eigenvalue weighted by atomic mass is 35.5. The van der Waals surface area contributed by atoms with Gasteiger partial charge in [-0.2, -0.15) is 0 Å². The molecule has 2 aliphatic heterocycles. The average Bonchev–Trinajstić information content (AvgIpc) is 3.07. The van der Waals surface area contributed by atoms with E-state index in [-0.39, 0.29) is 6.54 Å². The van der Waals surface area contributed by atoms with Crippen LogP contribution in [0, 0.1) is 13.8 Å². The second-order valence-electron chi connectivity index (χ2n) is 7.07. The summed E-state index contributed by atoms with van der Waals surface area (Å²) >= 11 is 6.09. The maximum Gasteiger partial charge on any atom is 0.328 e. The largest absolute Gasteiger partial charge is 0.496 e. The van der Waals surface area contributed by atoms with E-state index in [4.69, 9.17) is 16.3 Å². The van der Waals surface area contributed by atoms with Crippen LogP contribution in [-0.4, -0.2) is 46.8 Å². The second-order valence-corrected chi connectivity index (χ2v) is 7.50. The lowest BCUT2D eigenvalue weighted by atomic mass is 9.90. The predicted octanol–water partition coefficient (Wildman–Crippen LogP) is 2.43. The molecule has 1 aromatic carbocycles. The van der Waals surface area contributed by atoms with E-state index in [0.717, 1.165) is 20.9 Å². The highest BCUT2D eigenvalue weighted by molar-refractivity contribution is 6.31. The van der Waals surface area contributed by atoms with E-state index in [1.54, 1.807) is 25.4 Å². The first-order chi connectivity index (χ1) is 13.7. The molecule has 0 N–H and O–H groups in total. The van der Waals surface area contributed by atoms with E-state index in [1.807, 2.05) is 13.8 Å². The summed E-state index contributed by atoms with van der Waals surface area (Å²) in [5.41, 5.74) is 0.885. The number of nitrogens with zero attached hydrogens (tertiary/aromatic N) is 4. The van der Waals surface area contributed by atoms with Gasteiger partial charge in [-0.3, -0.25) is 19.5 Å². The van der Waals surface area contributed by atoms with E-state index in [2.05, 4.69) is 10.3 Å². The first kappa shape index (κ1) is 19.2. The van der Waals surface area contributed by atoms with Gasteiger partial charge in [0.2, 0.25) is 5.54 Å². The lowest BCUT2D eigenvalue weighted by molar-refractivity contribution is -0.142. The summed E-state index contributed by atoms with van der Waals surface area (Å²) in [6.45, 7) is 3.58.